The third kappa shape index (κ3) is 3.88. The Morgan fingerprint density at radius 2 is 1.81 bits per heavy atom. The van der Waals surface area contributed by atoms with E-state index < -0.39 is 11.6 Å². The standard InChI is InChI=1S/C26H27FN2O3/c1-3-20-16(2)23(18-6-7-18)22(25(31)32)14-21(20)24(30)29-12-10-26(27,11-13-29)19-8-4-17(15-28)5-9-19/h4-5,8-9,14,18H,3,6-7,10-13H2,1-2H3,(H,31,32). The monoisotopic (exact) mass is 434 g/mol. The first-order valence-electron chi connectivity index (χ1n) is 11.2. The quantitative estimate of drug-likeness (QED) is 0.709. The number of carboxylic acid groups (broad SMARTS) is 1. The van der Waals surface area contributed by atoms with Crippen LogP contribution in [0, 0.1) is 18.3 Å². The van der Waals surface area contributed by atoms with Crippen LogP contribution in [0.2, 0.25) is 0 Å². The van der Waals surface area contributed by atoms with Gasteiger partial charge >= 0.3 is 5.97 Å². The minimum absolute atomic E-state index is 0.164. The molecule has 1 aliphatic heterocycles. The summed E-state index contributed by atoms with van der Waals surface area (Å²) in [6.45, 7) is 4.40. The van der Waals surface area contributed by atoms with Crippen LogP contribution < -0.4 is 0 Å². The molecule has 0 atom stereocenters. The first-order chi connectivity index (χ1) is 15.3. The molecule has 2 fully saturated rings. The summed E-state index contributed by atoms with van der Waals surface area (Å²) in [5.41, 5.74) is 2.78. The first-order valence-corrected chi connectivity index (χ1v) is 11.2. The van der Waals surface area contributed by atoms with Crippen LogP contribution in [0.25, 0.3) is 0 Å². The predicted molar refractivity (Wildman–Crippen MR) is 119 cm³/mol. The summed E-state index contributed by atoms with van der Waals surface area (Å²) in [6, 6.07) is 10.1. The number of amides is 1. The van der Waals surface area contributed by atoms with E-state index in [4.69, 9.17) is 5.26 Å². The van der Waals surface area contributed by atoms with E-state index in [2.05, 4.69) is 0 Å². The molecular weight excluding hydrogens is 407 g/mol. The Kier molecular flexibility index (Phi) is 5.77. The molecule has 1 aliphatic carbocycles. The highest BCUT2D eigenvalue weighted by Crippen LogP contribution is 2.45. The van der Waals surface area contributed by atoms with E-state index in [0.29, 0.717) is 23.1 Å². The number of benzene rings is 2. The zero-order valence-corrected chi connectivity index (χ0v) is 18.4. The van der Waals surface area contributed by atoms with Gasteiger partial charge < -0.3 is 10.0 Å². The van der Waals surface area contributed by atoms with Crippen LogP contribution in [-0.4, -0.2) is 35.0 Å². The number of carbonyl (C=O) groups excluding carboxylic acids is 1. The number of nitriles is 1. The van der Waals surface area contributed by atoms with Crippen molar-refractivity contribution in [3.8, 4) is 6.07 Å². The summed E-state index contributed by atoms with van der Waals surface area (Å²) in [7, 11) is 0. The number of rotatable bonds is 5. The normalized spacial score (nSPS) is 17.6. The van der Waals surface area contributed by atoms with Crippen LogP contribution in [0.3, 0.4) is 0 Å². The van der Waals surface area contributed by atoms with Crippen molar-refractivity contribution in [2.24, 2.45) is 0 Å². The molecule has 0 radical (unpaired) electrons. The maximum absolute atomic E-state index is 15.6. The molecular formula is C26H27FN2O3. The van der Waals surface area contributed by atoms with Crippen molar-refractivity contribution in [3.63, 3.8) is 0 Å². The van der Waals surface area contributed by atoms with Gasteiger partial charge in [-0.1, -0.05) is 19.1 Å². The number of likely N-dealkylation sites (tertiary alicyclic amines) is 1. The molecule has 1 saturated heterocycles. The summed E-state index contributed by atoms with van der Waals surface area (Å²) in [4.78, 5) is 27.0. The highest BCUT2D eigenvalue weighted by Gasteiger charge is 2.39. The highest BCUT2D eigenvalue weighted by atomic mass is 19.1. The van der Waals surface area contributed by atoms with Gasteiger partial charge in [-0.25, -0.2) is 9.18 Å². The van der Waals surface area contributed by atoms with Gasteiger partial charge in [0, 0.05) is 31.5 Å². The number of alkyl halides is 1. The lowest BCUT2D eigenvalue weighted by molar-refractivity contribution is 0.0420. The van der Waals surface area contributed by atoms with E-state index in [1.54, 1.807) is 35.2 Å². The number of hydrogen-bond donors (Lipinski definition) is 1. The number of carboxylic acids is 1. The molecule has 1 heterocycles. The lowest BCUT2D eigenvalue weighted by Gasteiger charge is -2.37. The molecule has 1 amide bonds. The van der Waals surface area contributed by atoms with Gasteiger partial charge in [-0.3, -0.25) is 4.79 Å². The second kappa shape index (κ2) is 8.38. The van der Waals surface area contributed by atoms with Crippen molar-refractivity contribution in [1.29, 1.82) is 5.26 Å². The molecule has 0 bridgehead atoms. The molecule has 4 rings (SSSR count). The van der Waals surface area contributed by atoms with Crippen LogP contribution in [0.5, 0.6) is 0 Å². The van der Waals surface area contributed by atoms with Crippen molar-refractivity contribution >= 4 is 11.9 Å². The second-order valence-corrected chi connectivity index (χ2v) is 8.87. The summed E-state index contributed by atoms with van der Waals surface area (Å²) < 4.78 is 15.6. The summed E-state index contributed by atoms with van der Waals surface area (Å²) in [6.07, 6.45) is 2.93. The largest absolute Gasteiger partial charge is 0.478 e. The number of nitrogens with zero attached hydrogens (tertiary/aromatic N) is 2. The van der Waals surface area contributed by atoms with E-state index in [-0.39, 0.29) is 43.3 Å². The molecule has 0 aromatic heterocycles. The lowest BCUT2D eigenvalue weighted by Crippen LogP contribution is -2.43. The molecule has 2 aromatic rings. The average Bonchev–Trinajstić information content (AvgIpc) is 3.63. The third-order valence-electron chi connectivity index (χ3n) is 6.94. The van der Waals surface area contributed by atoms with E-state index in [1.165, 1.54) is 0 Å². The zero-order chi connectivity index (χ0) is 23.0. The Morgan fingerprint density at radius 3 is 2.31 bits per heavy atom. The summed E-state index contributed by atoms with van der Waals surface area (Å²) in [5, 5.41) is 18.7. The molecule has 0 spiro atoms. The Morgan fingerprint density at radius 1 is 1.19 bits per heavy atom. The van der Waals surface area contributed by atoms with Gasteiger partial charge in [0.05, 0.1) is 17.2 Å². The molecule has 166 valence electrons. The molecule has 5 nitrogen and oxygen atoms in total. The van der Waals surface area contributed by atoms with Crippen LogP contribution in [0.15, 0.2) is 30.3 Å². The van der Waals surface area contributed by atoms with Crippen LogP contribution in [0.1, 0.15) is 87.1 Å². The van der Waals surface area contributed by atoms with E-state index in [1.807, 2.05) is 19.9 Å². The molecule has 0 unspecified atom stereocenters. The SMILES string of the molecule is CCc1c(C(=O)N2CCC(F)(c3ccc(C#N)cc3)CC2)cc(C(=O)O)c(C2CC2)c1C. The van der Waals surface area contributed by atoms with Gasteiger partial charge in [-0.05, 0) is 72.6 Å². The molecule has 1 saturated carbocycles. The molecule has 6 heteroatoms. The van der Waals surface area contributed by atoms with Gasteiger partial charge in [0.15, 0.2) is 0 Å². The van der Waals surface area contributed by atoms with Crippen molar-refractivity contribution in [1.82, 2.24) is 4.90 Å². The number of piperidine rings is 1. The van der Waals surface area contributed by atoms with Crippen molar-refractivity contribution in [3.05, 3.63) is 69.3 Å². The fraction of sp³-hybridized carbons (Fsp3) is 0.423. The van der Waals surface area contributed by atoms with Crippen molar-refractivity contribution < 1.29 is 19.1 Å². The van der Waals surface area contributed by atoms with E-state index in [0.717, 1.165) is 29.5 Å². The second-order valence-electron chi connectivity index (χ2n) is 8.87. The average molecular weight is 435 g/mol. The fourth-order valence-corrected chi connectivity index (χ4v) is 4.96. The smallest absolute Gasteiger partial charge is 0.336 e. The summed E-state index contributed by atoms with van der Waals surface area (Å²) in [5.74, 6) is -0.962. The number of halogens is 1. The van der Waals surface area contributed by atoms with Crippen LogP contribution in [-0.2, 0) is 12.1 Å². The summed E-state index contributed by atoms with van der Waals surface area (Å²) >= 11 is 0. The van der Waals surface area contributed by atoms with Gasteiger partial charge in [0.25, 0.3) is 5.91 Å². The molecule has 32 heavy (non-hydrogen) atoms. The Hall–Kier alpha value is -3.20. The Bertz CT molecular complexity index is 1110. The maximum atomic E-state index is 15.6. The Labute approximate surface area is 187 Å². The molecule has 2 aliphatic rings. The minimum atomic E-state index is -1.55. The van der Waals surface area contributed by atoms with E-state index >= 15 is 4.39 Å². The first kappa shape index (κ1) is 22.0. The van der Waals surface area contributed by atoms with Gasteiger partial charge in [0.2, 0.25) is 0 Å². The molecule has 1 N–H and O–H groups in total. The predicted octanol–water partition coefficient (Wildman–Crippen LogP) is 5.11. The van der Waals surface area contributed by atoms with E-state index in [9.17, 15) is 14.7 Å². The zero-order valence-electron chi connectivity index (χ0n) is 18.4. The Balaban J connectivity index is 1.59. The topological polar surface area (TPSA) is 81.4 Å². The highest BCUT2D eigenvalue weighted by molar-refractivity contribution is 6.00. The number of carbonyl (C=O) groups is 2. The van der Waals surface area contributed by atoms with Gasteiger partial charge in [-0.15, -0.1) is 0 Å². The number of aromatic carboxylic acids is 1. The minimum Gasteiger partial charge on any atom is -0.478 e. The fourth-order valence-electron chi connectivity index (χ4n) is 4.96. The lowest BCUT2D eigenvalue weighted by atomic mass is 9.84. The molecule has 2 aromatic carbocycles. The van der Waals surface area contributed by atoms with Gasteiger partial charge in [-0.2, -0.15) is 5.26 Å². The van der Waals surface area contributed by atoms with Crippen molar-refractivity contribution in [2.45, 2.75) is 57.5 Å². The van der Waals surface area contributed by atoms with Crippen LogP contribution in [0.4, 0.5) is 4.39 Å². The van der Waals surface area contributed by atoms with Crippen LogP contribution >= 0.6 is 0 Å². The van der Waals surface area contributed by atoms with Gasteiger partial charge in [0.1, 0.15) is 5.67 Å². The maximum Gasteiger partial charge on any atom is 0.336 e. The number of hydrogen-bond acceptors (Lipinski definition) is 3. The van der Waals surface area contributed by atoms with Crippen molar-refractivity contribution in [2.75, 3.05) is 13.1 Å². The third-order valence-corrected chi connectivity index (χ3v) is 6.94.